The molecule has 1 aliphatic rings. The van der Waals surface area contributed by atoms with Gasteiger partial charge in [0.15, 0.2) is 0 Å². The Hall–Kier alpha value is -2.96. The maximum atomic E-state index is 12.8. The second-order valence-electron chi connectivity index (χ2n) is 7.11. The van der Waals surface area contributed by atoms with Crippen LogP contribution in [0.2, 0.25) is 5.02 Å². The summed E-state index contributed by atoms with van der Waals surface area (Å²) >= 11 is 7.33. The van der Waals surface area contributed by atoms with Crippen molar-refractivity contribution < 1.29 is 14.3 Å². The number of amides is 2. The highest BCUT2D eigenvalue weighted by molar-refractivity contribution is 8.18. The van der Waals surface area contributed by atoms with Gasteiger partial charge in [0.1, 0.15) is 12.4 Å². The normalized spacial score (nSPS) is 15.2. The minimum atomic E-state index is -0.297. The Kier molecular flexibility index (Phi) is 6.20. The fourth-order valence-corrected chi connectivity index (χ4v) is 4.62. The first kappa shape index (κ1) is 21.3. The zero-order chi connectivity index (χ0) is 22.0. The first-order valence-electron chi connectivity index (χ1n) is 9.83. The van der Waals surface area contributed by atoms with Gasteiger partial charge in [0.25, 0.3) is 11.1 Å². The average molecular weight is 453 g/mol. The summed E-state index contributed by atoms with van der Waals surface area (Å²) in [7, 11) is 0. The summed E-state index contributed by atoms with van der Waals surface area (Å²) in [6.07, 6.45) is 1.78. The number of thioether (sulfide) groups is 1. The molecule has 5 nitrogen and oxygen atoms in total. The summed E-state index contributed by atoms with van der Waals surface area (Å²) in [6, 6.07) is 18.9. The van der Waals surface area contributed by atoms with E-state index >= 15 is 0 Å². The van der Waals surface area contributed by atoms with Gasteiger partial charge in [-0.25, -0.2) is 0 Å². The standard InChI is InChI=1S/C24H21ClN2O3S/c1-16-14-18(17(2)27(16)21-11-7-6-10-20(21)25)15-22-23(28)26(24(29)31-22)12-13-30-19-8-4-3-5-9-19/h3-11,14-15H,12-13H2,1-2H3/b22-15-. The Morgan fingerprint density at radius 2 is 1.74 bits per heavy atom. The summed E-state index contributed by atoms with van der Waals surface area (Å²) in [5.41, 5.74) is 3.70. The second kappa shape index (κ2) is 9.04. The lowest BCUT2D eigenvalue weighted by molar-refractivity contribution is -0.123. The Labute approximate surface area is 190 Å². The van der Waals surface area contributed by atoms with E-state index in [-0.39, 0.29) is 24.3 Å². The van der Waals surface area contributed by atoms with Crippen LogP contribution in [0.1, 0.15) is 17.0 Å². The molecule has 3 aromatic rings. The van der Waals surface area contributed by atoms with Crippen LogP contribution in [0.4, 0.5) is 4.79 Å². The third-order valence-corrected chi connectivity index (χ3v) is 6.28. The van der Waals surface area contributed by atoms with Crippen molar-refractivity contribution in [3.05, 3.63) is 87.5 Å². The topological polar surface area (TPSA) is 51.5 Å². The van der Waals surface area contributed by atoms with Crippen LogP contribution in [0.25, 0.3) is 11.8 Å². The van der Waals surface area contributed by atoms with E-state index in [0.29, 0.717) is 15.7 Å². The van der Waals surface area contributed by atoms with E-state index in [1.54, 1.807) is 6.08 Å². The zero-order valence-corrected chi connectivity index (χ0v) is 18.7. The molecular formula is C24H21ClN2O3S. The van der Waals surface area contributed by atoms with Gasteiger partial charge in [0, 0.05) is 11.4 Å². The number of halogens is 1. The average Bonchev–Trinajstić information content (AvgIpc) is 3.18. The van der Waals surface area contributed by atoms with Crippen LogP contribution in [-0.4, -0.2) is 33.8 Å². The number of para-hydroxylation sites is 2. The molecule has 2 aromatic carbocycles. The number of imide groups is 1. The van der Waals surface area contributed by atoms with E-state index in [1.807, 2.05) is 79.1 Å². The summed E-state index contributed by atoms with van der Waals surface area (Å²) in [6.45, 7) is 4.41. The Bertz CT molecular complexity index is 1170. The number of ether oxygens (including phenoxy) is 1. The highest BCUT2D eigenvalue weighted by Crippen LogP contribution is 2.34. The van der Waals surface area contributed by atoms with Gasteiger partial charge in [-0.1, -0.05) is 41.9 Å². The van der Waals surface area contributed by atoms with Crippen LogP contribution >= 0.6 is 23.4 Å². The van der Waals surface area contributed by atoms with Crippen molar-refractivity contribution in [1.29, 1.82) is 0 Å². The van der Waals surface area contributed by atoms with Crippen molar-refractivity contribution in [2.24, 2.45) is 0 Å². The Morgan fingerprint density at radius 1 is 1.03 bits per heavy atom. The van der Waals surface area contributed by atoms with E-state index in [0.717, 1.165) is 34.4 Å². The molecule has 0 bridgehead atoms. The van der Waals surface area contributed by atoms with E-state index < -0.39 is 0 Å². The lowest BCUT2D eigenvalue weighted by Crippen LogP contribution is -2.32. The number of aryl methyl sites for hydroxylation is 1. The first-order valence-corrected chi connectivity index (χ1v) is 11.0. The van der Waals surface area contributed by atoms with Crippen LogP contribution in [0, 0.1) is 13.8 Å². The zero-order valence-electron chi connectivity index (χ0n) is 17.2. The molecule has 0 unspecified atom stereocenters. The molecule has 2 amide bonds. The number of nitrogens with zero attached hydrogens (tertiary/aromatic N) is 2. The molecular weight excluding hydrogens is 432 g/mol. The number of aromatic nitrogens is 1. The predicted molar refractivity (Wildman–Crippen MR) is 125 cm³/mol. The van der Waals surface area contributed by atoms with Gasteiger partial charge >= 0.3 is 0 Å². The molecule has 1 saturated heterocycles. The van der Waals surface area contributed by atoms with Crippen LogP contribution in [0.5, 0.6) is 5.75 Å². The molecule has 1 aliphatic heterocycles. The largest absolute Gasteiger partial charge is 0.492 e. The number of benzene rings is 2. The third kappa shape index (κ3) is 4.40. The molecule has 1 fully saturated rings. The minimum Gasteiger partial charge on any atom is -0.492 e. The molecule has 0 saturated carbocycles. The molecule has 0 N–H and O–H groups in total. The third-order valence-electron chi connectivity index (χ3n) is 5.05. The van der Waals surface area contributed by atoms with E-state index in [1.165, 1.54) is 4.90 Å². The van der Waals surface area contributed by atoms with Crippen LogP contribution < -0.4 is 4.74 Å². The van der Waals surface area contributed by atoms with Crippen LogP contribution in [0.15, 0.2) is 65.6 Å². The molecule has 0 spiro atoms. The summed E-state index contributed by atoms with van der Waals surface area (Å²) in [4.78, 5) is 26.9. The van der Waals surface area contributed by atoms with Crippen LogP contribution in [-0.2, 0) is 4.79 Å². The predicted octanol–water partition coefficient (Wildman–Crippen LogP) is 5.86. The highest BCUT2D eigenvalue weighted by Gasteiger charge is 2.35. The van der Waals surface area contributed by atoms with Crippen molar-refractivity contribution in [3.63, 3.8) is 0 Å². The van der Waals surface area contributed by atoms with Gasteiger partial charge < -0.3 is 9.30 Å². The van der Waals surface area contributed by atoms with Crippen molar-refractivity contribution in [3.8, 4) is 11.4 Å². The molecule has 31 heavy (non-hydrogen) atoms. The molecule has 0 atom stereocenters. The van der Waals surface area contributed by atoms with Gasteiger partial charge in [-0.2, -0.15) is 0 Å². The number of hydrogen-bond donors (Lipinski definition) is 0. The summed E-state index contributed by atoms with van der Waals surface area (Å²) in [5.74, 6) is 0.409. The van der Waals surface area contributed by atoms with Gasteiger partial charge in [0.2, 0.25) is 0 Å². The lowest BCUT2D eigenvalue weighted by atomic mass is 10.2. The van der Waals surface area contributed by atoms with Crippen LogP contribution in [0.3, 0.4) is 0 Å². The fourth-order valence-electron chi connectivity index (χ4n) is 3.54. The SMILES string of the molecule is Cc1cc(/C=C2\SC(=O)N(CCOc3ccccc3)C2=O)c(C)n1-c1ccccc1Cl. The maximum absolute atomic E-state index is 12.8. The molecule has 0 radical (unpaired) electrons. The maximum Gasteiger partial charge on any atom is 0.293 e. The van der Waals surface area contributed by atoms with Crippen molar-refractivity contribution in [2.75, 3.05) is 13.2 Å². The molecule has 2 heterocycles. The van der Waals surface area contributed by atoms with Gasteiger partial charge in [-0.15, -0.1) is 0 Å². The Morgan fingerprint density at radius 3 is 2.48 bits per heavy atom. The quantitative estimate of drug-likeness (QED) is 0.439. The molecule has 7 heteroatoms. The van der Waals surface area contributed by atoms with E-state index in [2.05, 4.69) is 0 Å². The van der Waals surface area contributed by atoms with Gasteiger partial charge in [-0.3, -0.25) is 14.5 Å². The number of rotatable bonds is 6. The highest BCUT2D eigenvalue weighted by atomic mass is 35.5. The molecule has 1 aromatic heterocycles. The van der Waals surface area contributed by atoms with E-state index in [9.17, 15) is 9.59 Å². The lowest BCUT2D eigenvalue weighted by Gasteiger charge is -2.13. The molecule has 158 valence electrons. The number of hydrogen-bond acceptors (Lipinski definition) is 4. The smallest absolute Gasteiger partial charge is 0.293 e. The van der Waals surface area contributed by atoms with Crippen molar-refractivity contribution in [1.82, 2.24) is 9.47 Å². The number of carbonyl (C=O) groups is 2. The van der Waals surface area contributed by atoms with Crippen molar-refractivity contribution >= 4 is 40.6 Å². The van der Waals surface area contributed by atoms with Gasteiger partial charge in [-0.05, 0) is 67.6 Å². The molecule has 0 aliphatic carbocycles. The monoisotopic (exact) mass is 452 g/mol. The summed E-state index contributed by atoms with van der Waals surface area (Å²) < 4.78 is 7.67. The first-order chi connectivity index (χ1) is 15.0. The van der Waals surface area contributed by atoms with Gasteiger partial charge in [0.05, 0.1) is 22.2 Å². The van der Waals surface area contributed by atoms with E-state index in [4.69, 9.17) is 16.3 Å². The fraction of sp³-hybridized carbons (Fsp3) is 0.167. The summed E-state index contributed by atoms with van der Waals surface area (Å²) in [5, 5.41) is 0.363. The second-order valence-corrected chi connectivity index (χ2v) is 8.51. The Balaban J connectivity index is 1.52. The van der Waals surface area contributed by atoms with Crippen molar-refractivity contribution in [2.45, 2.75) is 13.8 Å². The number of carbonyl (C=O) groups excluding carboxylic acids is 2. The molecule has 4 rings (SSSR count). The minimum absolute atomic E-state index is 0.204.